The van der Waals surface area contributed by atoms with Crippen molar-refractivity contribution in [2.45, 2.75) is 39.0 Å². The van der Waals surface area contributed by atoms with Gasteiger partial charge in [0.2, 0.25) is 0 Å². The number of hydrogen-bond donors (Lipinski definition) is 1. The normalized spacial score (nSPS) is 13.9. The van der Waals surface area contributed by atoms with Crippen molar-refractivity contribution in [3.8, 4) is 5.75 Å². The lowest BCUT2D eigenvalue weighted by molar-refractivity contribution is 0.469. The Hall–Kier alpha value is -0.980. The van der Waals surface area contributed by atoms with E-state index >= 15 is 0 Å². The number of rotatable bonds is 1. The van der Waals surface area contributed by atoms with Gasteiger partial charge in [0, 0.05) is 0 Å². The molecule has 0 aliphatic heterocycles. The summed E-state index contributed by atoms with van der Waals surface area (Å²) in [7, 11) is 0. The van der Waals surface area contributed by atoms with Gasteiger partial charge in [-0.05, 0) is 18.1 Å². The average molecular weight is 178 g/mol. The maximum Gasteiger partial charge on any atom is 0.118 e. The summed E-state index contributed by atoms with van der Waals surface area (Å²) in [5, 5.41) is 9.11. The molecule has 0 amide bonds. The summed E-state index contributed by atoms with van der Waals surface area (Å²) in [6.07, 6.45) is 6.90. The van der Waals surface area contributed by atoms with Crippen LogP contribution in [-0.4, -0.2) is 5.11 Å². The third kappa shape index (κ3) is 3.49. The highest BCUT2D eigenvalue weighted by atomic mass is 16.3. The molecule has 0 atom stereocenters. The lowest BCUT2D eigenvalue weighted by atomic mass is 10.0. The Morgan fingerprint density at radius 1 is 1.08 bits per heavy atom. The van der Waals surface area contributed by atoms with Crippen molar-refractivity contribution in [1.82, 2.24) is 0 Å². The summed E-state index contributed by atoms with van der Waals surface area (Å²) < 4.78 is 0. The number of phenolic OH excluding ortho intramolecular Hbond substituents is 1. The molecule has 0 spiro atoms. The molecule has 0 heterocycles. The van der Waals surface area contributed by atoms with Crippen molar-refractivity contribution in [1.29, 1.82) is 0 Å². The maximum absolute atomic E-state index is 9.11. The number of hydrogen-bond acceptors (Lipinski definition) is 1. The van der Waals surface area contributed by atoms with Crippen LogP contribution in [0.1, 0.15) is 38.2 Å². The summed E-state index contributed by atoms with van der Waals surface area (Å²) in [6, 6.07) is 7.39. The minimum Gasteiger partial charge on any atom is -0.508 e. The highest BCUT2D eigenvalue weighted by molar-refractivity contribution is 5.31. The van der Waals surface area contributed by atoms with Crippen LogP contribution in [0.4, 0.5) is 0 Å². The van der Waals surface area contributed by atoms with Gasteiger partial charge in [0.15, 0.2) is 0 Å². The Labute approximate surface area is 80.4 Å². The van der Waals surface area contributed by atoms with Gasteiger partial charge in [-0.3, -0.25) is 0 Å². The fraction of sp³-hybridized carbons (Fsp3) is 0.500. The molecule has 72 valence electrons. The first-order valence-corrected chi connectivity index (χ1v) is 5.11. The molecule has 1 fully saturated rings. The number of aryl methyl sites for hydroxylation is 1. The Kier molecular flexibility index (Phi) is 4.37. The van der Waals surface area contributed by atoms with Crippen molar-refractivity contribution in [3.63, 3.8) is 0 Å². The second-order valence-electron chi connectivity index (χ2n) is 3.40. The molecule has 1 N–H and O–H groups in total. The largest absolute Gasteiger partial charge is 0.508 e. The van der Waals surface area contributed by atoms with E-state index in [9.17, 15) is 0 Å². The van der Waals surface area contributed by atoms with Gasteiger partial charge in [0.25, 0.3) is 0 Å². The lowest BCUT2D eigenvalue weighted by Gasteiger charge is -2.05. The molecular formula is C12H18O. The minimum absolute atomic E-state index is 0.403. The van der Waals surface area contributed by atoms with Crippen LogP contribution in [0.2, 0.25) is 0 Å². The lowest BCUT2D eigenvalue weighted by Crippen LogP contribution is -1.85. The molecule has 1 aromatic rings. The summed E-state index contributed by atoms with van der Waals surface area (Å²) in [5.74, 6) is 0.403. The number of phenols is 1. The Bertz CT molecular complexity index is 235. The summed E-state index contributed by atoms with van der Waals surface area (Å²) >= 11 is 0. The third-order valence-corrected chi connectivity index (χ3v) is 2.37. The first-order chi connectivity index (χ1) is 6.34. The molecule has 1 aliphatic carbocycles. The number of para-hydroxylation sites is 1. The van der Waals surface area contributed by atoms with Crippen molar-refractivity contribution >= 4 is 0 Å². The fourth-order valence-corrected chi connectivity index (χ4v) is 1.06. The zero-order valence-electron chi connectivity index (χ0n) is 8.29. The monoisotopic (exact) mass is 178 g/mol. The van der Waals surface area contributed by atoms with Gasteiger partial charge in [0.1, 0.15) is 5.75 Å². The molecule has 0 radical (unpaired) electrons. The van der Waals surface area contributed by atoms with Crippen molar-refractivity contribution in [2.75, 3.05) is 0 Å². The van der Waals surface area contributed by atoms with E-state index in [1.54, 1.807) is 6.07 Å². The molecule has 2 rings (SSSR count). The van der Waals surface area contributed by atoms with E-state index in [-0.39, 0.29) is 0 Å². The molecule has 1 heteroatoms. The number of aromatic hydroxyl groups is 1. The van der Waals surface area contributed by atoms with Crippen LogP contribution in [-0.2, 0) is 6.42 Å². The summed E-state index contributed by atoms with van der Waals surface area (Å²) in [4.78, 5) is 0. The van der Waals surface area contributed by atoms with Crippen LogP contribution in [0.15, 0.2) is 24.3 Å². The van der Waals surface area contributed by atoms with Crippen molar-refractivity contribution < 1.29 is 5.11 Å². The average Bonchev–Trinajstić information content (AvgIpc) is 2.02. The van der Waals surface area contributed by atoms with Crippen LogP contribution in [0.25, 0.3) is 0 Å². The molecule has 1 aliphatic rings. The Morgan fingerprint density at radius 2 is 1.62 bits per heavy atom. The predicted molar refractivity (Wildman–Crippen MR) is 56.0 cm³/mol. The van der Waals surface area contributed by atoms with Gasteiger partial charge in [-0.2, -0.15) is 0 Å². The van der Waals surface area contributed by atoms with E-state index in [1.165, 1.54) is 25.7 Å². The summed E-state index contributed by atoms with van der Waals surface area (Å²) in [6.45, 7) is 2.02. The van der Waals surface area contributed by atoms with Gasteiger partial charge < -0.3 is 5.11 Å². The van der Waals surface area contributed by atoms with E-state index in [0.29, 0.717) is 5.75 Å². The van der Waals surface area contributed by atoms with Gasteiger partial charge in [-0.25, -0.2) is 0 Å². The highest BCUT2D eigenvalue weighted by Crippen LogP contribution is 2.15. The SMILES string of the molecule is C1CCC1.CCc1ccccc1O. The molecule has 13 heavy (non-hydrogen) atoms. The molecule has 0 aromatic heterocycles. The number of benzene rings is 1. The van der Waals surface area contributed by atoms with Gasteiger partial charge in [-0.1, -0.05) is 50.8 Å². The molecular weight excluding hydrogens is 160 g/mol. The second-order valence-corrected chi connectivity index (χ2v) is 3.40. The Morgan fingerprint density at radius 3 is 1.92 bits per heavy atom. The van der Waals surface area contributed by atoms with Crippen LogP contribution >= 0.6 is 0 Å². The Balaban J connectivity index is 0.000000175. The zero-order chi connectivity index (χ0) is 9.52. The van der Waals surface area contributed by atoms with Crippen LogP contribution in [0, 0.1) is 0 Å². The van der Waals surface area contributed by atoms with Crippen molar-refractivity contribution in [2.24, 2.45) is 0 Å². The van der Waals surface area contributed by atoms with E-state index in [4.69, 9.17) is 5.11 Å². The van der Waals surface area contributed by atoms with E-state index in [0.717, 1.165) is 12.0 Å². The van der Waals surface area contributed by atoms with E-state index in [1.807, 2.05) is 25.1 Å². The topological polar surface area (TPSA) is 20.2 Å². The van der Waals surface area contributed by atoms with Gasteiger partial charge >= 0.3 is 0 Å². The van der Waals surface area contributed by atoms with Crippen LogP contribution < -0.4 is 0 Å². The predicted octanol–water partition coefficient (Wildman–Crippen LogP) is 3.52. The van der Waals surface area contributed by atoms with Crippen LogP contribution in [0.5, 0.6) is 5.75 Å². The minimum atomic E-state index is 0.403. The third-order valence-electron chi connectivity index (χ3n) is 2.37. The van der Waals surface area contributed by atoms with Crippen LogP contribution in [0.3, 0.4) is 0 Å². The van der Waals surface area contributed by atoms with Crippen molar-refractivity contribution in [3.05, 3.63) is 29.8 Å². The molecule has 0 saturated heterocycles. The second kappa shape index (κ2) is 5.63. The quantitative estimate of drug-likeness (QED) is 0.697. The zero-order valence-corrected chi connectivity index (χ0v) is 8.29. The first-order valence-electron chi connectivity index (χ1n) is 5.11. The molecule has 1 nitrogen and oxygen atoms in total. The maximum atomic E-state index is 9.11. The van der Waals surface area contributed by atoms with E-state index < -0.39 is 0 Å². The van der Waals surface area contributed by atoms with Gasteiger partial charge in [-0.15, -0.1) is 0 Å². The molecule has 1 saturated carbocycles. The fourth-order valence-electron chi connectivity index (χ4n) is 1.06. The molecule has 0 unspecified atom stereocenters. The summed E-state index contributed by atoms with van der Waals surface area (Å²) in [5.41, 5.74) is 1.01. The highest BCUT2D eigenvalue weighted by Gasteiger charge is 1.95. The molecule has 1 aromatic carbocycles. The smallest absolute Gasteiger partial charge is 0.118 e. The first kappa shape index (κ1) is 10.1. The molecule has 0 bridgehead atoms. The standard InChI is InChI=1S/C8H10O.C4H8/c1-2-7-5-3-4-6-8(7)9;1-2-4-3-1/h3-6,9H,2H2,1H3;1-4H2. The van der Waals surface area contributed by atoms with Gasteiger partial charge in [0.05, 0.1) is 0 Å². The van der Waals surface area contributed by atoms with E-state index in [2.05, 4.69) is 0 Å².